The molecular formula is C28H31N3O4S. The van der Waals surface area contributed by atoms with Crippen molar-refractivity contribution in [2.24, 2.45) is 0 Å². The number of nitrogens with zero attached hydrogens (tertiary/aromatic N) is 2. The van der Waals surface area contributed by atoms with Gasteiger partial charge in [-0.2, -0.15) is 0 Å². The summed E-state index contributed by atoms with van der Waals surface area (Å²) in [6.45, 7) is 6.32. The Labute approximate surface area is 212 Å². The van der Waals surface area contributed by atoms with Crippen LogP contribution in [0.2, 0.25) is 0 Å². The fourth-order valence-corrected chi connectivity index (χ4v) is 5.77. The predicted octanol–water partition coefficient (Wildman–Crippen LogP) is 5.08. The molecule has 8 heteroatoms. The highest BCUT2D eigenvalue weighted by Gasteiger charge is 2.28. The first-order chi connectivity index (χ1) is 17.2. The number of anilines is 3. The van der Waals surface area contributed by atoms with Gasteiger partial charge in [0.1, 0.15) is 6.54 Å². The van der Waals surface area contributed by atoms with Gasteiger partial charge in [0, 0.05) is 24.3 Å². The van der Waals surface area contributed by atoms with E-state index >= 15 is 0 Å². The monoisotopic (exact) mass is 505 g/mol. The second-order valence-corrected chi connectivity index (χ2v) is 11.1. The van der Waals surface area contributed by atoms with Crippen LogP contribution in [-0.4, -0.2) is 33.3 Å². The minimum atomic E-state index is -3.98. The molecule has 0 radical (unpaired) electrons. The molecule has 2 amide bonds. The van der Waals surface area contributed by atoms with Gasteiger partial charge in [-0.05, 0) is 72.9 Å². The van der Waals surface area contributed by atoms with E-state index in [1.54, 1.807) is 47.4 Å². The van der Waals surface area contributed by atoms with Gasteiger partial charge < -0.3 is 10.2 Å². The summed E-state index contributed by atoms with van der Waals surface area (Å²) in [7, 11) is -3.98. The number of hydrogen-bond donors (Lipinski definition) is 1. The normalized spacial score (nSPS) is 13.8. The molecule has 1 N–H and O–H groups in total. The second kappa shape index (κ2) is 10.5. The van der Waals surface area contributed by atoms with Crippen LogP contribution in [0.25, 0.3) is 0 Å². The van der Waals surface area contributed by atoms with Gasteiger partial charge in [0.2, 0.25) is 11.8 Å². The summed E-state index contributed by atoms with van der Waals surface area (Å²) in [5.41, 5.74) is 3.72. The summed E-state index contributed by atoms with van der Waals surface area (Å²) in [6, 6.07) is 20.7. The minimum absolute atomic E-state index is 0.0973. The first-order valence-corrected chi connectivity index (χ1v) is 13.5. The third kappa shape index (κ3) is 5.44. The fraction of sp³-hybridized carbons (Fsp3) is 0.286. The van der Waals surface area contributed by atoms with E-state index in [1.165, 1.54) is 12.1 Å². The van der Waals surface area contributed by atoms with Crippen LogP contribution in [0.3, 0.4) is 0 Å². The first-order valence-electron chi connectivity index (χ1n) is 12.1. The summed E-state index contributed by atoms with van der Waals surface area (Å²) in [5, 5.41) is 2.82. The highest BCUT2D eigenvalue weighted by atomic mass is 32.2. The van der Waals surface area contributed by atoms with Crippen LogP contribution >= 0.6 is 0 Å². The van der Waals surface area contributed by atoms with Crippen molar-refractivity contribution in [2.45, 2.75) is 44.4 Å². The van der Waals surface area contributed by atoms with E-state index in [2.05, 4.69) is 19.2 Å². The molecule has 7 nitrogen and oxygen atoms in total. The molecule has 1 saturated heterocycles. The quantitative estimate of drug-likeness (QED) is 0.463. The van der Waals surface area contributed by atoms with Crippen molar-refractivity contribution in [1.82, 2.24) is 0 Å². The zero-order chi connectivity index (χ0) is 25.9. The Balaban J connectivity index is 1.58. The topological polar surface area (TPSA) is 86.8 Å². The molecule has 0 unspecified atom stereocenters. The van der Waals surface area contributed by atoms with Gasteiger partial charge in [-0.25, -0.2) is 8.42 Å². The summed E-state index contributed by atoms with van der Waals surface area (Å²) < 4.78 is 28.2. The Morgan fingerprint density at radius 1 is 1.03 bits per heavy atom. The van der Waals surface area contributed by atoms with Crippen molar-refractivity contribution in [3.05, 3.63) is 83.9 Å². The fourth-order valence-electron chi connectivity index (χ4n) is 4.33. The van der Waals surface area contributed by atoms with Crippen LogP contribution in [0.15, 0.2) is 77.7 Å². The maximum atomic E-state index is 13.5. The third-order valence-electron chi connectivity index (χ3n) is 6.31. The Hall–Kier alpha value is -3.65. The number of carbonyl (C=O) groups excluding carboxylic acids is 2. The van der Waals surface area contributed by atoms with E-state index in [4.69, 9.17) is 0 Å². The lowest BCUT2D eigenvalue weighted by Crippen LogP contribution is -2.38. The highest BCUT2D eigenvalue weighted by molar-refractivity contribution is 7.92. The SMILES string of the molecule is Cc1cc(NC(=O)CN(c2ccc(C(C)C)cc2)S(=O)(=O)c2ccccc2)ccc1N1CCCC1=O. The number of sulfonamides is 1. The van der Waals surface area contributed by atoms with Crippen LogP contribution in [0.5, 0.6) is 0 Å². The molecule has 188 valence electrons. The maximum absolute atomic E-state index is 13.5. The summed E-state index contributed by atoms with van der Waals surface area (Å²) >= 11 is 0. The molecule has 1 heterocycles. The molecule has 1 aliphatic heterocycles. The summed E-state index contributed by atoms with van der Waals surface area (Å²) in [6.07, 6.45) is 1.38. The smallest absolute Gasteiger partial charge is 0.264 e. The van der Waals surface area contributed by atoms with E-state index in [0.29, 0.717) is 30.3 Å². The molecule has 0 spiro atoms. The molecule has 0 aromatic heterocycles. The van der Waals surface area contributed by atoms with Crippen LogP contribution in [0.1, 0.15) is 43.7 Å². The Morgan fingerprint density at radius 3 is 2.31 bits per heavy atom. The largest absolute Gasteiger partial charge is 0.325 e. The van der Waals surface area contributed by atoms with E-state index in [1.807, 2.05) is 25.1 Å². The van der Waals surface area contributed by atoms with E-state index in [-0.39, 0.29) is 17.3 Å². The van der Waals surface area contributed by atoms with Crippen molar-refractivity contribution < 1.29 is 18.0 Å². The van der Waals surface area contributed by atoms with Crippen molar-refractivity contribution in [2.75, 3.05) is 27.6 Å². The average molecular weight is 506 g/mol. The van der Waals surface area contributed by atoms with Crippen molar-refractivity contribution in [3.63, 3.8) is 0 Å². The number of aryl methyl sites for hydroxylation is 1. The first kappa shape index (κ1) is 25.4. The van der Waals surface area contributed by atoms with Crippen molar-refractivity contribution >= 4 is 38.9 Å². The molecule has 36 heavy (non-hydrogen) atoms. The lowest BCUT2D eigenvalue weighted by molar-refractivity contribution is -0.117. The van der Waals surface area contributed by atoms with Crippen LogP contribution in [0, 0.1) is 6.92 Å². The lowest BCUT2D eigenvalue weighted by Gasteiger charge is -2.25. The summed E-state index contributed by atoms with van der Waals surface area (Å²) in [4.78, 5) is 27.1. The Bertz CT molecular complexity index is 1350. The van der Waals surface area contributed by atoms with E-state index in [0.717, 1.165) is 27.5 Å². The van der Waals surface area contributed by atoms with Gasteiger partial charge in [0.15, 0.2) is 0 Å². The van der Waals surface area contributed by atoms with Gasteiger partial charge in [-0.15, -0.1) is 0 Å². The maximum Gasteiger partial charge on any atom is 0.264 e. The lowest BCUT2D eigenvalue weighted by atomic mass is 10.0. The number of amides is 2. The average Bonchev–Trinajstić information content (AvgIpc) is 3.28. The molecule has 0 atom stereocenters. The molecular weight excluding hydrogens is 474 g/mol. The molecule has 4 rings (SSSR count). The van der Waals surface area contributed by atoms with Crippen molar-refractivity contribution in [3.8, 4) is 0 Å². The number of nitrogens with one attached hydrogen (secondary N) is 1. The molecule has 0 saturated carbocycles. The van der Waals surface area contributed by atoms with Gasteiger partial charge >= 0.3 is 0 Å². The summed E-state index contributed by atoms with van der Waals surface area (Å²) in [5.74, 6) is -0.0735. The third-order valence-corrected chi connectivity index (χ3v) is 8.10. The van der Waals surface area contributed by atoms with Gasteiger partial charge in [-0.3, -0.25) is 13.9 Å². The Kier molecular flexibility index (Phi) is 7.45. The van der Waals surface area contributed by atoms with Crippen LogP contribution in [0.4, 0.5) is 17.1 Å². The van der Waals surface area contributed by atoms with Crippen LogP contribution < -0.4 is 14.5 Å². The van der Waals surface area contributed by atoms with Gasteiger partial charge in [0.05, 0.1) is 10.6 Å². The van der Waals surface area contributed by atoms with Crippen LogP contribution in [-0.2, 0) is 19.6 Å². The standard InChI is InChI=1S/C28H31N3O4S/c1-20(2)22-11-14-24(15-12-22)31(36(34,35)25-8-5-4-6-9-25)19-27(32)29-23-13-16-26(21(3)18-23)30-17-7-10-28(30)33/h4-6,8-9,11-16,18,20H,7,10,17,19H2,1-3H3,(H,29,32). The minimum Gasteiger partial charge on any atom is -0.325 e. The molecule has 3 aromatic rings. The number of benzene rings is 3. The molecule has 1 fully saturated rings. The second-order valence-electron chi connectivity index (χ2n) is 9.27. The number of rotatable bonds is 8. The molecule has 1 aliphatic rings. The van der Waals surface area contributed by atoms with E-state index in [9.17, 15) is 18.0 Å². The molecule has 0 aliphatic carbocycles. The van der Waals surface area contributed by atoms with E-state index < -0.39 is 15.9 Å². The number of hydrogen-bond acceptors (Lipinski definition) is 4. The molecule has 3 aromatic carbocycles. The van der Waals surface area contributed by atoms with Gasteiger partial charge in [-0.1, -0.05) is 44.2 Å². The van der Waals surface area contributed by atoms with Crippen molar-refractivity contribution in [1.29, 1.82) is 0 Å². The number of carbonyl (C=O) groups is 2. The zero-order valence-corrected chi connectivity index (χ0v) is 21.6. The predicted molar refractivity (Wildman–Crippen MR) is 143 cm³/mol. The van der Waals surface area contributed by atoms with Gasteiger partial charge in [0.25, 0.3) is 10.0 Å². The Morgan fingerprint density at radius 2 is 1.72 bits per heavy atom. The highest BCUT2D eigenvalue weighted by Crippen LogP contribution is 2.29. The molecule has 0 bridgehead atoms. The zero-order valence-electron chi connectivity index (χ0n) is 20.8.